The van der Waals surface area contributed by atoms with Crippen LogP contribution in [0.4, 0.5) is 4.79 Å². The Labute approximate surface area is 142 Å². The van der Waals surface area contributed by atoms with Crippen molar-refractivity contribution in [3.8, 4) is 11.8 Å². The highest BCUT2D eigenvalue weighted by Crippen LogP contribution is 2.20. The standard InChI is InChI=1S/C17H26N4O3/c1-23-15-10-18-11-16(20-15)24-14-8-9-21(12-14)17(22)19-13-6-4-2-3-5-7-13/h10-11,13-14H,2-9,12H2,1H3,(H,19,22). The molecule has 2 heterocycles. The number of hydrogen-bond acceptors (Lipinski definition) is 5. The van der Waals surface area contributed by atoms with Crippen molar-refractivity contribution in [2.45, 2.75) is 57.1 Å². The predicted octanol–water partition coefficient (Wildman–Crippen LogP) is 2.37. The summed E-state index contributed by atoms with van der Waals surface area (Å²) in [5.74, 6) is 0.860. The number of rotatable bonds is 4. The molecule has 0 bridgehead atoms. The summed E-state index contributed by atoms with van der Waals surface area (Å²) in [7, 11) is 1.54. The van der Waals surface area contributed by atoms with Crippen molar-refractivity contribution in [3.63, 3.8) is 0 Å². The van der Waals surface area contributed by atoms with Gasteiger partial charge in [0.1, 0.15) is 6.10 Å². The van der Waals surface area contributed by atoms with Gasteiger partial charge in [-0.1, -0.05) is 25.7 Å². The first-order chi connectivity index (χ1) is 11.7. The zero-order valence-corrected chi connectivity index (χ0v) is 14.2. The quantitative estimate of drug-likeness (QED) is 0.856. The van der Waals surface area contributed by atoms with E-state index in [0.717, 1.165) is 19.3 Å². The van der Waals surface area contributed by atoms with E-state index in [9.17, 15) is 4.79 Å². The number of amides is 2. The molecule has 24 heavy (non-hydrogen) atoms. The minimum absolute atomic E-state index is 0.0322. The Morgan fingerprint density at radius 1 is 1.17 bits per heavy atom. The Morgan fingerprint density at radius 3 is 2.67 bits per heavy atom. The number of aromatic nitrogens is 2. The van der Waals surface area contributed by atoms with Crippen LogP contribution in [0.2, 0.25) is 0 Å². The smallest absolute Gasteiger partial charge is 0.317 e. The summed E-state index contributed by atoms with van der Waals surface area (Å²) in [6.07, 6.45) is 11.0. The molecule has 0 aromatic carbocycles. The molecule has 2 amide bonds. The molecular formula is C17H26N4O3. The van der Waals surface area contributed by atoms with E-state index in [4.69, 9.17) is 9.47 Å². The van der Waals surface area contributed by atoms with E-state index < -0.39 is 0 Å². The number of carbonyl (C=O) groups is 1. The van der Waals surface area contributed by atoms with Gasteiger partial charge in [-0.2, -0.15) is 4.98 Å². The first-order valence-electron chi connectivity index (χ1n) is 8.83. The minimum atomic E-state index is -0.0497. The largest absolute Gasteiger partial charge is 0.480 e. The van der Waals surface area contributed by atoms with Gasteiger partial charge in [0.25, 0.3) is 0 Å². The van der Waals surface area contributed by atoms with Crippen LogP contribution in [0.15, 0.2) is 12.4 Å². The van der Waals surface area contributed by atoms with E-state index in [2.05, 4.69) is 15.3 Å². The van der Waals surface area contributed by atoms with Gasteiger partial charge in [0.05, 0.1) is 26.0 Å². The number of hydrogen-bond donors (Lipinski definition) is 1. The summed E-state index contributed by atoms with van der Waals surface area (Å²) < 4.78 is 10.9. The third kappa shape index (κ3) is 4.49. The van der Waals surface area contributed by atoms with E-state index in [1.54, 1.807) is 13.3 Å². The highest BCUT2D eigenvalue weighted by atomic mass is 16.5. The van der Waals surface area contributed by atoms with Crippen LogP contribution in [0, 0.1) is 0 Å². The molecule has 1 aromatic rings. The van der Waals surface area contributed by atoms with Crippen molar-refractivity contribution in [3.05, 3.63) is 12.4 Å². The molecule has 3 rings (SSSR count). The first kappa shape index (κ1) is 16.8. The molecule has 132 valence electrons. The Balaban J connectivity index is 1.48. The van der Waals surface area contributed by atoms with E-state index >= 15 is 0 Å². The number of likely N-dealkylation sites (tertiary alicyclic amines) is 1. The summed E-state index contributed by atoms with van der Waals surface area (Å²) in [5, 5.41) is 3.19. The Hall–Kier alpha value is -2.05. The molecule has 1 aliphatic carbocycles. The van der Waals surface area contributed by atoms with Crippen molar-refractivity contribution in [1.82, 2.24) is 20.2 Å². The van der Waals surface area contributed by atoms with Crippen molar-refractivity contribution >= 4 is 6.03 Å². The number of nitrogens with one attached hydrogen (secondary N) is 1. The van der Waals surface area contributed by atoms with Gasteiger partial charge in [-0.05, 0) is 12.8 Å². The zero-order chi connectivity index (χ0) is 16.8. The molecule has 2 aliphatic rings. The first-order valence-corrected chi connectivity index (χ1v) is 8.83. The average molecular weight is 334 g/mol. The summed E-state index contributed by atoms with van der Waals surface area (Å²) in [5.41, 5.74) is 0. The van der Waals surface area contributed by atoms with E-state index in [1.807, 2.05) is 4.90 Å². The van der Waals surface area contributed by atoms with Gasteiger partial charge in [-0.15, -0.1) is 0 Å². The van der Waals surface area contributed by atoms with Gasteiger partial charge >= 0.3 is 6.03 Å². The van der Waals surface area contributed by atoms with Gasteiger partial charge in [0.2, 0.25) is 11.8 Å². The van der Waals surface area contributed by atoms with Gasteiger partial charge in [-0.3, -0.25) is 4.98 Å². The Kier molecular flexibility index (Phi) is 5.72. The van der Waals surface area contributed by atoms with Crippen molar-refractivity contribution < 1.29 is 14.3 Å². The fourth-order valence-electron chi connectivity index (χ4n) is 3.36. The molecule has 7 heteroatoms. The maximum absolute atomic E-state index is 12.4. The molecule has 7 nitrogen and oxygen atoms in total. The molecular weight excluding hydrogens is 308 g/mol. The lowest BCUT2D eigenvalue weighted by atomic mass is 10.1. The fraction of sp³-hybridized carbons (Fsp3) is 0.706. The lowest BCUT2D eigenvalue weighted by Crippen LogP contribution is -2.44. The second kappa shape index (κ2) is 8.17. The normalized spacial score (nSPS) is 22.0. The molecule has 1 aromatic heterocycles. The van der Waals surface area contributed by atoms with Crippen LogP contribution in [0.1, 0.15) is 44.9 Å². The fourth-order valence-corrected chi connectivity index (χ4v) is 3.36. The SMILES string of the molecule is COc1cncc(OC2CCN(C(=O)NC3CCCCCC3)C2)n1. The molecule has 2 fully saturated rings. The van der Waals surface area contributed by atoms with Gasteiger partial charge < -0.3 is 19.7 Å². The maximum atomic E-state index is 12.4. The van der Waals surface area contributed by atoms with Crippen molar-refractivity contribution in [2.75, 3.05) is 20.2 Å². The van der Waals surface area contributed by atoms with Crippen LogP contribution in [0.5, 0.6) is 11.8 Å². The highest BCUT2D eigenvalue weighted by Gasteiger charge is 2.29. The Morgan fingerprint density at radius 2 is 1.92 bits per heavy atom. The van der Waals surface area contributed by atoms with Gasteiger partial charge in [-0.25, -0.2) is 4.79 Å². The number of ether oxygens (including phenoxy) is 2. The molecule has 1 atom stereocenters. The lowest BCUT2D eigenvalue weighted by molar-refractivity contribution is 0.178. The number of carbonyl (C=O) groups excluding carboxylic acids is 1. The van der Waals surface area contributed by atoms with E-state index in [-0.39, 0.29) is 12.1 Å². The average Bonchev–Trinajstić information content (AvgIpc) is 2.91. The third-order valence-electron chi connectivity index (χ3n) is 4.70. The lowest BCUT2D eigenvalue weighted by Gasteiger charge is -2.22. The van der Waals surface area contributed by atoms with E-state index in [0.29, 0.717) is 30.9 Å². The topological polar surface area (TPSA) is 76.6 Å². The number of nitrogens with zero attached hydrogens (tertiary/aromatic N) is 3. The van der Waals surface area contributed by atoms with Crippen LogP contribution in [0.25, 0.3) is 0 Å². The molecule has 0 radical (unpaired) electrons. The highest BCUT2D eigenvalue weighted by molar-refractivity contribution is 5.74. The summed E-state index contributed by atoms with van der Waals surface area (Å²) >= 11 is 0. The number of urea groups is 1. The van der Waals surface area contributed by atoms with Crippen LogP contribution >= 0.6 is 0 Å². The summed E-state index contributed by atoms with van der Waals surface area (Å²) in [6.45, 7) is 1.29. The van der Waals surface area contributed by atoms with E-state index in [1.165, 1.54) is 31.9 Å². The van der Waals surface area contributed by atoms with Crippen molar-refractivity contribution in [2.24, 2.45) is 0 Å². The second-order valence-electron chi connectivity index (χ2n) is 6.51. The minimum Gasteiger partial charge on any atom is -0.480 e. The van der Waals surface area contributed by atoms with Crippen LogP contribution < -0.4 is 14.8 Å². The molecule has 1 saturated heterocycles. The monoisotopic (exact) mass is 334 g/mol. The zero-order valence-electron chi connectivity index (χ0n) is 14.2. The van der Waals surface area contributed by atoms with Crippen LogP contribution in [-0.4, -0.2) is 53.2 Å². The Bertz CT molecular complexity index is 546. The van der Waals surface area contributed by atoms with Gasteiger partial charge in [0.15, 0.2) is 0 Å². The predicted molar refractivity (Wildman–Crippen MR) is 89.2 cm³/mol. The summed E-state index contributed by atoms with van der Waals surface area (Å²) in [6, 6.07) is 0.356. The second-order valence-corrected chi connectivity index (χ2v) is 6.51. The van der Waals surface area contributed by atoms with Crippen molar-refractivity contribution in [1.29, 1.82) is 0 Å². The number of methoxy groups -OCH3 is 1. The third-order valence-corrected chi connectivity index (χ3v) is 4.70. The molecule has 1 saturated carbocycles. The summed E-state index contributed by atoms with van der Waals surface area (Å²) in [4.78, 5) is 22.5. The molecule has 0 spiro atoms. The van der Waals surface area contributed by atoms with Gasteiger partial charge in [0, 0.05) is 19.0 Å². The maximum Gasteiger partial charge on any atom is 0.317 e. The molecule has 1 aliphatic heterocycles. The molecule has 1 unspecified atom stereocenters. The van der Waals surface area contributed by atoms with Crippen LogP contribution in [-0.2, 0) is 0 Å². The molecule has 1 N–H and O–H groups in total. The van der Waals surface area contributed by atoms with Crippen LogP contribution in [0.3, 0.4) is 0 Å².